The van der Waals surface area contributed by atoms with Gasteiger partial charge < -0.3 is 10.4 Å². The Labute approximate surface area is 118 Å². The minimum Gasteiger partial charge on any atom is -0.481 e. The van der Waals surface area contributed by atoms with Crippen molar-refractivity contribution in [3.8, 4) is 0 Å². The van der Waals surface area contributed by atoms with Crippen LogP contribution in [0.5, 0.6) is 0 Å². The highest BCUT2D eigenvalue weighted by molar-refractivity contribution is 5.78. The highest BCUT2D eigenvalue weighted by Crippen LogP contribution is 2.25. The minimum atomic E-state index is -0.922. The first-order valence-corrected chi connectivity index (χ1v) is 6.46. The van der Waals surface area contributed by atoms with Crippen molar-refractivity contribution in [2.45, 2.75) is 39.7 Å². The molecule has 0 aliphatic rings. The Morgan fingerprint density at radius 2 is 1.80 bits per heavy atom. The predicted molar refractivity (Wildman–Crippen MR) is 73.6 cm³/mol. The summed E-state index contributed by atoms with van der Waals surface area (Å²) in [5.41, 5.74) is 0.203. The molecule has 1 rings (SSSR count). The molecule has 110 valence electrons. The highest BCUT2D eigenvalue weighted by atomic mass is 19.1. The van der Waals surface area contributed by atoms with E-state index in [9.17, 15) is 14.0 Å². The highest BCUT2D eigenvalue weighted by Gasteiger charge is 2.25. The average molecular weight is 281 g/mol. The van der Waals surface area contributed by atoms with Crippen LogP contribution in [0.4, 0.5) is 4.39 Å². The Hall–Kier alpha value is -1.91. The van der Waals surface area contributed by atoms with Crippen molar-refractivity contribution in [1.82, 2.24) is 5.32 Å². The predicted octanol–water partition coefficient (Wildman–Crippen LogP) is 2.89. The van der Waals surface area contributed by atoms with Crippen molar-refractivity contribution in [1.29, 1.82) is 0 Å². The van der Waals surface area contributed by atoms with E-state index < -0.39 is 11.4 Å². The third kappa shape index (κ3) is 5.38. The molecule has 1 atom stereocenters. The first kappa shape index (κ1) is 16.1. The van der Waals surface area contributed by atoms with Crippen molar-refractivity contribution >= 4 is 11.9 Å². The molecule has 2 N–H and O–H groups in total. The monoisotopic (exact) mass is 281 g/mol. The molecule has 0 saturated heterocycles. The number of carbonyl (C=O) groups excluding carboxylic acids is 1. The van der Waals surface area contributed by atoms with E-state index >= 15 is 0 Å². The van der Waals surface area contributed by atoms with Crippen molar-refractivity contribution < 1.29 is 19.1 Å². The number of carboxylic acids is 1. The molecule has 4 nitrogen and oxygen atoms in total. The lowest BCUT2D eigenvalue weighted by Gasteiger charge is -2.23. The fourth-order valence-corrected chi connectivity index (χ4v) is 2.03. The third-order valence-electron chi connectivity index (χ3n) is 3.02. The second kappa shape index (κ2) is 6.50. The number of benzene rings is 1. The van der Waals surface area contributed by atoms with Crippen LogP contribution in [0.25, 0.3) is 0 Å². The Morgan fingerprint density at radius 1 is 1.25 bits per heavy atom. The molecule has 5 heteroatoms. The molecule has 0 saturated carbocycles. The van der Waals surface area contributed by atoms with Crippen LogP contribution < -0.4 is 5.32 Å². The molecule has 0 aliphatic carbocycles. The second-order valence-corrected chi connectivity index (χ2v) is 5.75. The normalized spacial score (nSPS) is 12.8. The summed E-state index contributed by atoms with van der Waals surface area (Å²) in [4.78, 5) is 22.6. The van der Waals surface area contributed by atoms with Gasteiger partial charge in [-0.05, 0) is 30.0 Å². The third-order valence-corrected chi connectivity index (χ3v) is 3.02. The molecule has 0 aromatic heterocycles. The summed E-state index contributed by atoms with van der Waals surface area (Å²) in [5.74, 6) is -1.46. The van der Waals surface area contributed by atoms with Gasteiger partial charge in [0.05, 0.1) is 12.5 Å². The standard InChI is InChI=1S/C15H20FNO3/c1-10(11-4-6-12(16)7-5-11)17-13(18)8-15(2,3)9-14(19)20/h4-7,10H,8-9H2,1-3H3,(H,17,18)(H,19,20). The van der Waals surface area contributed by atoms with Crippen LogP contribution in [0.1, 0.15) is 45.2 Å². The summed E-state index contributed by atoms with van der Waals surface area (Å²) in [7, 11) is 0. The van der Waals surface area contributed by atoms with Crippen LogP contribution in [0.2, 0.25) is 0 Å². The molecule has 0 radical (unpaired) electrons. The molecule has 0 spiro atoms. The van der Waals surface area contributed by atoms with E-state index in [1.165, 1.54) is 12.1 Å². The van der Waals surface area contributed by atoms with E-state index in [2.05, 4.69) is 5.32 Å². The van der Waals surface area contributed by atoms with Crippen molar-refractivity contribution in [2.24, 2.45) is 5.41 Å². The van der Waals surface area contributed by atoms with Crippen molar-refractivity contribution in [2.75, 3.05) is 0 Å². The Morgan fingerprint density at radius 3 is 2.30 bits per heavy atom. The number of hydrogen-bond donors (Lipinski definition) is 2. The summed E-state index contributed by atoms with van der Waals surface area (Å²) in [6.45, 7) is 5.28. The maximum Gasteiger partial charge on any atom is 0.303 e. The zero-order chi connectivity index (χ0) is 15.3. The number of rotatable bonds is 6. The molecule has 1 unspecified atom stereocenters. The lowest BCUT2D eigenvalue weighted by molar-refractivity contribution is -0.139. The SMILES string of the molecule is CC(NC(=O)CC(C)(C)CC(=O)O)c1ccc(F)cc1. The minimum absolute atomic E-state index is 0.0641. The molecule has 0 aliphatic heterocycles. The van der Waals surface area contributed by atoms with Gasteiger partial charge in [-0.3, -0.25) is 9.59 Å². The first-order valence-electron chi connectivity index (χ1n) is 6.46. The van der Waals surface area contributed by atoms with Gasteiger partial charge in [0.25, 0.3) is 0 Å². The topological polar surface area (TPSA) is 66.4 Å². The number of carbonyl (C=O) groups is 2. The van der Waals surface area contributed by atoms with Gasteiger partial charge in [0, 0.05) is 6.42 Å². The van der Waals surface area contributed by atoms with E-state index in [-0.39, 0.29) is 30.6 Å². The average Bonchev–Trinajstić information content (AvgIpc) is 2.26. The number of halogens is 1. The van der Waals surface area contributed by atoms with Gasteiger partial charge in [0.2, 0.25) is 5.91 Å². The van der Waals surface area contributed by atoms with E-state index in [0.717, 1.165) is 5.56 Å². The molecule has 1 aromatic carbocycles. The lowest BCUT2D eigenvalue weighted by atomic mass is 9.85. The summed E-state index contributed by atoms with van der Waals surface area (Å²) in [6.07, 6.45) is 0.0657. The van der Waals surface area contributed by atoms with Crippen LogP contribution in [-0.4, -0.2) is 17.0 Å². The van der Waals surface area contributed by atoms with E-state index in [0.29, 0.717) is 0 Å². The number of carboxylic acid groups (broad SMARTS) is 1. The van der Waals surface area contributed by atoms with Gasteiger partial charge >= 0.3 is 5.97 Å². The van der Waals surface area contributed by atoms with Gasteiger partial charge in [0.15, 0.2) is 0 Å². The smallest absolute Gasteiger partial charge is 0.303 e. The molecular formula is C15H20FNO3. The van der Waals surface area contributed by atoms with Crippen LogP contribution in [-0.2, 0) is 9.59 Å². The maximum absolute atomic E-state index is 12.8. The van der Waals surface area contributed by atoms with Crippen LogP contribution >= 0.6 is 0 Å². The number of aliphatic carboxylic acids is 1. The Kier molecular flexibility index (Phi) is 5.25. The molecule has 0 bridgehead atoms. The maximum atomic E-state index is 12.8. The van der Waals surface area contributed by atoms with Gasteiger partial charge in [-0.25, -0.2) is 4.39 Å². The van der Waals surface area contributed by atoms with Crippen molar-refractivity contribution in [3.05, 3.63) is 35.6 Å². The number of amides is 1. The largest absolute Gasteiger partial charge is 0.481 e. The fraction of sp³-hybridized carbons (Fsp3) is 0.467. The van der Waals surface area contributed by atoms with Crippen LogP contribution in [0.3, 0.4) is 0 Å². The summed E-state index contributed by atoms with van der Waals surface area (Å²) >= 11 is 0. The van der Waals surface area contributed by atoms with E-state index in [4.69, 9.17) is 5.11 Å². The molecule has 20 heavy (non-hydrogen) atoms. The van der Waals surface area contributed by atoms with Crippen molar-refractivity contribution in [3.63, 3.8) is 0 Å². The molecule has 1 aromatic rings. The first-order chi connectivity index (χ1) is 9.19. The second-order valence-electron chi connectivity index (χ2n) is 5.75. The zero-order valence-electron chi connectivity index (χ0n) is 11.9. The number of hydrogen-bond acceptors (Lipinski definition) is 2. The summed E-state index contributed by atoms with van der Waals surface area (Å²) in [6, 6.07) is 5.66. The molecule has 0 fully saturated rings. The van der Waals surface area contributed by atoms with Gasteiger partial charge in [0.1, 0.15) is 5.82 Å². The van der Waals surface area contributed by atoms with Gasteiger partial charge in [-0.2, -0.15) is 0 Å². The van der Waals surface area contributed by atoms with Gasteiger partial charge in [-0.15, -0.1) is 0 Å². The quantitative estimate of drug-likeness (QED) is 0.842. The van der Waals surface area contributed by atoms with Crippen LogP contribution in [0.15, 0.2) is 24.3 Å². The molecule has 0 heterocycles. The van der Waals surface area contributed by atoms with E-state index in [1.807, 2.05) is 0 Å². The molecule has 1 amide bonds. The van der Waals surface area contributed by atoms with Gasteiger partial charge in [-0.1, -0.05) is 26.0 Å². The Balaban J connectivity index is 2.57. The lowest BCUT2D eigenvalue weighted by Crippen LogP contribution is -2.31. The summed E-state index contributed by atoms with van der Waals surface area (Å²) in [5, 5.41) is 11.6. The molecular weight excluding hydrogens is 261 g/mol. The summed E-state index contributed by atoms with van der Waals surface area (Å²) < 4.78 is 12.8. The van der Waals surface area contributed by atoms with Crippen LogP contribution in [0, 0.1) is 11.2 Å². The fourth-order valence-electron chi connectivity index (χ4n) is 2.03. The zero-order valence-corrected chi connectivity index (χ0v) is 11.9. The van der Waals surface area contributed by atoms with E-state index in [1.54, 1.807) is 32.9 Å². The number of nitrogens with one attached hydrogen (secondary N) is 1. The Bertz CT molecular complexity index is 482.